The van der Waals surface area contributed by atoms with Gasteiger partial charge >= 0.3 is 11.9 Å². The largest absolute Gasteiger partial charge is 0.478 e. The Bertz CT molecular complexity index is 255. The monoisotopic (exact) mass is 214 g/mol. The Kier molecular flexibility index (Phi) is 10.6. The molecule has 0 saturated carbocycles. The normalized spacial score (nSPS) is 7.80. The summed E-state index contributed by atoms with van der Waals surface area (Å²) in [5.74, 6) is -1.56. The van der Waals surface area contributed by atoms with E-state index in [9.17, 15) is 9.59 Å². The van der Waals surface area contributed by atoms with E-state index in [0.717, 1.165) is 6.08 Å². The van der Waals surface area contributed by atoms with Gasteiger partial charge in [0.05, 0.1) is 12.2 Å². The molecule has 0 aromatic heterocycles. The van der Waals surface area contributed by atoms with Crippen LogP contribution in [0.4, 0.5) is 0 Å². The third-order valence-electron chi connectivity index (χ3n) is 0.986. The van der Waals surface area contributed by atoms with Crippen LogP contribution in [0.25, 0.3) is 0 Å². The first-order chi connectivity index (χ1) is 6.99. The molecule has 0 atom stereocenters. The van der Waals surface area contributed by atoms with Gasteiger partial charge in [-0.25, -0.2) is 9.59 Å². The van der Waals surface area contributed by atoms with Gasteiger partial charge in [-0.1, -0.05) is 25.8 Å². The predicted octanol–water partition coefficient (Wildman–Crippen LogP) is 0.521. The van der Waals surface area contributed by atoms with Crippen molar-refractivity contribution in [3.8, 4) is 0 Å². The quantitative estimate of drug-likeness (QED) is 0.396. The van der Waals surface area contributed by atoms with Gasteiger partial charge in [-0.3, -0.25) is 0 Å². The van der Waals surface area contributed by atoms with E-state index in [1.54, 1.807) is 0 Å². The third-order valence-corrected chi connectivity index (χ3v) is 0.986. The van der Waals surface area contributed by atoms with Crippen LogP contribution in [0.15, 0.2) is 37.5 Å². The number of carbonyl (C=O) groups is 2. The standard InChI is InChI=1S/C7H10O3.C3H4O2/c1-3-4-10-7(9)6(2)5-8;1-2-3(4)5/h3,8H,1-2,4-5H2;2H,1H2,(H,4,5). The van der Waals surface area contributed by atoms with Crippen molar-refractivity contribution in [2.24, 2.45) is 0 Å². The van der Waals surface area contributed by atoms with Crippen molar-refractivity contribution < 1.29 is 24.5 Å². The second kappa shape index (κ2) is 10.2. The molecule has 0 aromatic carbocycles. The minimum absolute atomic E-state index is 0.0573. The number of aliphatic hydroxyl groups is 1. The molecule has 0 radical (unpaired) electrons. The SMILES string of the molecule is C=CC(=O)O.C=CCOC(=O)C(=C)CO. The summed E-state index contributed by atoms with van der Waals surface area (Å²) in [5.41, 5.74) is 0.0573. The van der Waals surface area contributed by atoms with E-state index in [0.29, 0.717) is 0 Å². The average Bonchev–Trinajstić information content (AvgIpc) is 2.25. The molecular formula is C10H14O5. The number of carbonyl (C=O) groups excluding carboxylic acids is 1. The molecular weight excluding hydrogens is 200 g/mol. The molecule has 15 heavy (non-hydrogen) atoms. The number of hydrogen-bond acceptors (Lipinski definition) is 4. The number of hydrogen-bond donors (Lipinski definition) is 2. The number of rotatable bonds is 5. The molecule has 84 valence electrons. The highest BCUT2D eigenvalue weighted by molar-refractivity contribution is 5.87. The number of aliphatic hydroxyl groups excluding tert-OH is 1. The fourth-order valence-corrected chi connectivity index (χ4v) is 0.301. The van der Waals surface area contributed by atoms with Crippen LogP contribution in [0.5, 0.6) is 0 Å². The molecule has 0 aromatic rings. The predicted molar refractivity (Wildman–Crippen MR) is 55.2 cm³/mol. The van der Waals surface area contributed by atoms with Crippen molar-refractivity contribution in [1.29, 1.82) is 0 Å². The van der Waals surface area contributed by atoms with E-state index in [1.165, 1.54) is 6.08 Å². The van der Waals surface area contributed by atoms with E-state index in [1.807, 2.05) is 0 Å². The molecule has 0 aliphatic rings. The molecule has 2 N–H and O–H groups in total. The third kappa shape index (κ3) is 12.1. The second-order valence-electron chi connectivity index (χ2n) is 2.19. The van der Waals surface area contributed by atoms with Gasteiger partial charge < -0.3 is 14.9 Å². The summed E-state index contributed by atoms with van der Waals surface area (Å²) >= 11 is 0. The molecule has 0 bridgehead atoms. The topological polar surface area (TPSA) is 83.8 Å². The first kappa shape index (κ1) is 15.6. The summed E-state index contributed by atoms with van der Waals surface area (Å²) < 4.78 is 4.53. The number of carboxylic acids is 1. The van der Waals surface area contributed by atoms with Gasteiger partial charge in [-0.2, -0.15) is 0 Å². The van der Waals surface area contributed by atoms with E-state index in [2.05, 4.69) is 24.5 Å². The molecule has 0 rings (SSSR count). The first-order valence-corrected chi connectivity index (χ1v) is 3.91. The van der Waals surface area contributed by atoms with E-state index < -0.39 is 11.9 Å². The summed E-state index contributed by atoms with van der Waals surface area (Å²) in [5, 5.41) is 16.0. The number of esters is 1. The molecule has 0 aliphatic carbocycles. The van der Waals surface area contributed by atoms with Crippen molar-refractivity contribution in [2.75, 3.05) is 13.2 Å². The number of carboxylic acid groups (broad SMARTS) is 1. The van der Waals surface area contributed by atoms with Gasteiger partial charge in [0.25, 0.3) is 0 Å². The summed E-state index contributed by atoms with van der Waals surface area (Å²) in [6.07, 6.45) is 2.28. The van der Waals surface area contributed by atoms with Crippen molar-refractivity contribution in [2.45, 2.75) is 0 Å². The van der Waals surface area contributed by atoms with Gasteiger partial charge in [0.1, 0.15) is 6.61 Å². The number of aliphatic carboxylic acids is 1. The lowest BCUT2D eigenvalue weighted by Gasteiger charge is -2.00. The molecule has 5 heteroatoms. The van der Waals surface area contributed by atoms with Crippen LogP contribution in [-0.2, 0) is 14.3 Å². The van der Waals surface area contributed by atoms with Gasteiger partial charge in [-0.05, 0) is 0 Å². The molecule has 0 amide bonds. The molecule has 0 fully saturated rings. The summed E-state index contributed by atoms with van der Waals surface area (Å²) in [6, 6.07) is 0. The second-order valence-corrected chi connectivity index (χ2v) is 2.19. The highest BCUT2D eigenvalue weighted by Crippen LogP contribution is 1.91. The first-order valence-electron chi connectivity index (χ1n) is 3.91. The zero-order valence-corrected chi connectivity index (χ0v) is 8.31. The average molecular weight is 214 g/mol. The molecule has 0 unspecified atom stereocenters. The van der Waals surface area contributed by atoms with Crippen LogP contribution in [0.2, 0.25) is 0 Å². The van der Waals surface area contributed by atoms with E-state index >= 15 is 0 Å². The minimum atomic E-state index is -0.981. The van der Waals surface area contributed by atoms with Crippen LogP contribution in [0, 0.1) is 0 Å². The smallest absolute Gasteiger partial charge is 0.336 e. The number of ether oxygens (including phenoxy) is 1. The zero-order valence-electron chi connectivity index (χ0n) is 8.31. The Labute approximate surface area is 88.0 Å². The van der Waals surface area contributed by atoms with Gasteiger partial charge in [0.15, 0.2) is 0 Å². The molecule has 0 heterocycles. The highest BCUT2D eigenvalue weighted by atomic mass is 16.5. The molecule has 0 spiro atoms. The zero-order chi connectivity index (χ0) is 12.3. The summed E-state index contributed by atoms with van der Waals surface area (Å²) in [7, 11) is 0. The Morgan fingerprint density at radius 1 is 1.33 bits per heavy atom. The van der Waals surface area contributed by atoms with Crippen LogP contribution < -0.4 is 0 Å². The molecule has 0 saturated heterocycles. The van der Waals surface area contributed by atoms with Crippen molar-refractivity contribution in [3.63, 3.8) is 0 Å². The Morgan fingerprint density at radius 3 is 2.07 bits per heavy atom. The van der Waals surface area contributed by atoms with Gasteiger partial charge in [-0.15, -0.1) is 0 Å². The maximum Gasteiger partial charge on any atom is 0.336 e. The van der Waals surface area contributed by atoms with Crippen molar-refractivity contribution in [1.82, 2.24) is 0 Å². The van der Waals surface area contributed by atoms with Crippen LogP contribution in [0.3, 0.4) is 0 Å². The van der Waals surface area contributed by atoms with E-state index in [-0.39, 0.29) is 18.8 Å². The van der Waals surface area contributed by atoms with Gasteiger partial charge in [0.2, 0.25) is 0 Å². The van der Waals surface area contributed by atoms with Crippen molar-refractivity contribution in [3.05, 3.63) is 37.5 Å². The fraction of sp³-hybridized carbons (Fsp3) is 0.200. The Hall–Kier alpha value is -1.88. The maximum atomic E-state index is 10.6. The summed E-state index contributed by atoms with van der Waals surface area (Å²) in [4.78, 5) is 19.9. The molecule has 0 aliphatic heterocycles. The van der Waals surface area contributed by atoms with Crippen molar-refractivity contribution >= 4 is 11.9 Å². The Morgan fingerprint density at radius 2 is 1.80 bits per heavy atom. The lowest BCUT2D eigenvalue weighted by Crippen LogP contribution is -2.09. The lowest BCUT2D eigenvalue weighted by atomic mass is 10.3. The minimum Gasteiger partial charge on any atom is -0.478 e. The van der Waals surface area contributed by atoms with Crippen LogP contribution >= 0.6 is 0 Å². The Balaban J connectivity index is 0. The highest BCUT2D eigenvalue weighted by Gasteiger charge is 2.04. The van der Waals surface area contributed by atoms with E-state index in [4.69, 9.17) is 10.2 Å². The maximum absolute atomic E-state index is 10.6. The van der Waals surface area contributed by atoms with Crippen LogP contribution in [-0.4, -0.2) is 35.4 Å². The lowest BCUT2D eigenvalue weighted by molar-refractivity contribution is -0.138. The fourth-order valence-electron chi connectivity index (χ4n) is 0.301. The summed E-state index contributed by atoms with van der Waals surface area (Å²) in [6.45, 7) is 9.36. The van der Waals surface area contributed by atoms with Gasteiger partial charge in [0, 0.05) is 6.08 Å². The van der Waals surface area contributed by atoms with Crippen LogP contribution in [0.1, 0.15) is 0 Å². The molecule has 5 nitrogen and oxygen atoms in total.